The molecule has 1 aromatic carbocycles. The summed E-state index contributed by atoms with van der Waals surface area (Å²) in [5, 5.41) is 2.69. The molecule has 1 N–H and O–H groups in total. The smallest absolute Gasteiger partial charge is 0.221 e. The van der Waals surface area contributed by atoms with Gasteiger partial charge in [-0.15, -0.1) is 0 Å². The molecule has 2 rings (SSSR count). The number of benzene rings is 1. The van der Waals surface area contributed by atoms with E-state index in [0.717, 1.165) is 18.4 Å². The van der Waals surface area contributed by atoms with E-state index in [1.54, 1.807) is 12.1 Å². The third-order valence-electron chi connectivity index (χ3n) is 3.69. The second-order valence-corrected chi connectivity index (χ2v) is 7.49. The van der Waals surface area contributed by atoms with Crippen LogP contribution in [0.4, 0.5) is 4.39 Å². The van der Waals surface area contributed by atoms with Crippen molar-refractivity contribution in [2.45, 2.75) is 25.7 Å². The lowest BCUT2D eigenvalue weighted by Crippen LogP contribution is -2.33. The van der Waals surface area contributed by atoms with Crippen molar-refractivity contribution in [3.63, 3.8) is 0 Å². The standard InChI is InChI=1S/C15H21FN2O3S/c16-14-5-3-13(4-6-14)7-9-17-15(19)8-12-22(20,21)18-10-1-2-11-18/h3-6H,1-2,7-12H2,(H,17,19). The Labute approximate surface area is 130 Å². The number of carbonyl (C=O) groups is 1. The molecule has 0 aromatic heterocycles. The summed E-state index contributed by atoms with van der Waals surface area (Å²) in [4.78, 5) is 11.7. The quantitative estimate of drug-likeness (QED) is 0.820. The Morgan fingerprint density at radius 2 is 1.82 bits per heavy atom. The maximum atomic E-state index is 12.7. The fraction of sp³-hybridized carbons (Fsp3) is 0.533. The van der Waals surface area contributed by atoms with E-state index in [1.807, 2.05) is 0 Å². The summed E-state index contributed by atoms with van der Waals surface area (Å²) in [6.45, 7) is 1.54. The van der Waals surface area contributed by atoms with Crippen molar-refractivity contribution < 1.29 is 17.6 Å². The number of nitrogens with zero attached hydrogens (tertiary/aromatic N) is 1. The molecule has 5 nitrogen and oxygen atoms in total. The monoisotopic (exact) mass is 328 g/mol. The Morgan fingerprint density at radius 3 is 2.45 bits per heavy atom. The van der Waals surface area contributed by atoms with Crippen LogP contribution in [-0.4, -0.2) is 44.0 Å². The minimum absolute atomic E-state index is 0.0255. The summed E-state index contributed by atoms with van der Waals surface area (Å²) < 4.78 is 38.2. The van der Waals surface area contributed by atoms with Crippen LogP contribution >= 0.6 is 0 Å². The maximum absolute atomic E-state index is 12.7. The Hall–Kier alpha value is -1.47. The molecular formula is C15H21FN2O3S. The van der Waals surface area contributed by atoms with Gasteiger partial charge in [-0.25, -0.2) is 17.1 Å². The van der Waals surface area contributed by atoms with Crippen molar-refractivity contribution in [1.82, 2.24) is 9.62 Å². The van der Waals surface area contributed by atoms with Crippen LogP contribution in [0.5, 0.6) is 0 Å². The number of carbonyl (C=O) groups excluding carboxylic acids is 1. The molecule has 1 aliphatic rings. The van der Waals surface area contributed by atoms with E-state index in [4.69, 9.17) is 0 Å². The number of rotatable bonds is 7. The molecule has 122 valence electrons. The summed E-state index contributed by atoms with van der Waals surface area (Å²) >= 11 is 0. The fourth-order valence-corrected chi connectivity index (χ4v) is 3.92. The molecule has 1 fully saturated rings. The average Bonchev–Trinajstić information content (AvgIpc) is 3.02. The molecule has 0 unspecified atom stereocenters. The summed E-state index contributed by atoms with van der Waals surface area (Å²) in [6.07, 6.45) is 2.35. The summed E-state index contributed by atoms with van der Waals surface area (Å²) in [5.74, 6) is -0.708. The molecule has 0 radical (unpaired) electrons. The number of halogens is 1. The Bertz CT molecular complexity index is 596. The van der Waals surface area contributed by atoms with Crippen LogP contribution in [0.25, 0.3) is 0 Å². The lowest BCUT2D eigenvalue weighted by atomic mass is 10.1. The topological polar surface area (TPSA) is 66.5 Å². The van der Waals surface area contributed by atoms with Gasteiger partial charge in [0.15, 0.2) is 0 Å². The van der Waals surface area contributed by atoms with Gasteiger partial charge in [-0.2, -0.15) is 0 Å². The molecule has 0 spiro atoms. The molecule has 0 bridgehead atoms. The van der Waals surface area contributed by atoms with Gasteiger partial charge < -0.3 is 5.32 Å². The minimum atomic E-state index is -3.31. The molecule has 0 atom stereocenters. The van der Waals surface area contributed by atoms with E-state index in [0.29, 0.717) is 26.1 Å². The normalized spacial score (nSPS) is 15.9. The zero-order valence-corrected chi connectivity index (χ0v) is 13.2. The number of hydrogen-bond acceptors (Lipinski definition) is 3. The second-order valence-electron chi connectivity index (χ2n) is 5.40. The van der Waals surface area contributed by atoms with Gasteiger partial charge in [0, 0.05) is 26.1 Å². The van der Waals surface area contributed by atoms with E-state index in [1.165, 1.54) is 16.4 Å². The van der Waals surface area contributed by atoms with Crippen molar-refractivity contribution in [3.8, 4) is 0 Å². The molecule has 1 saturated heterocycles. The van der Waals surface area contributed by atoms with Gasteiger partial charge in [0.2, 0.25) is 15.9 Å². The van der Waals surface area contributed by atoms with Gasteiger partial charge in [-0.1, -0.05) is 12.1 Å². The van der Waals surface area contributed by atoms with Gasteiger partial charge in [-0.3, -0.25) is 4.79 Å². The predicted octanol–water partition coefficient (Wildman–Crippen LogP) is 1.30. The summed E-state index contributed by atoms with van der Waals surface area (Å²) in [5.41, 5.74) is 0.923. The van der Waals surface area contributed by atoms with E-state index in [9.17, 15) is 17.6 Å². The number of sulfonamides is 1. The SMILES string of the molecule is O=C(CCS(=O)(=O)N1CCCC1)NCCc1ccc(F)cc1. The van der Waals surface area contributed by atoms with E-state index >= 15 is 0 Å². The second kappa shape index (κ2) is 7.69. The largest absolute Gasteiger partial charge is 0.356 e. The van der Waals surface area contributed by atoms with Crippen molar-refractivity contribution in [2.75, 3.05) is 25.4 Å². The highest BCUT2D eigenvalue weighted by atomic mass is 32.2. The van der Waals surface area contributed by atoms with Crippen LogP contribution in [0.1, 0.15) is 24.8 Å². The van der Waals surface area contributed by atoms with E-state index < -0.39 is 10.0 Å². The highest BCUT2D eigenvalue weighted by molar-refractivity contribution is 7.89. The molecule has 1 amide bonds. The maximum Gasteiger partial charge on any atom is 0.221 e. The van der Waals surface area contributed by atoms with Crippen LogP contribution in [0.2, 0.25) is 0 Å². The van der Waals surface area contributed by atoms with Crippen molar-refractivity contribution in [1.29, 1.82) is 0 Å². The zero-order valence-electron chi connectivity index (χ0n) is 12.4. The average molecular weight is 328 g/mol. The van der Waals surface area contributed by atoms with Crippen LogP contribution in [0.3, 0.4) is 0 Å². The third-order valence-corrected chi connectivity index (χ3v) is 5.57. The molecule has 1 aromatic rings. The number of hydrogen-bond donors (Lipinski definition) is 1. The first kappa shape index (κ1) is 16.9. The number of nitrogens with one attached hydrogen (secondary N) is 1. The van der Waals surface area contributed by atoms with Crippen molar-refractivity contribution >= 4 is 15.9 Å². The van der Waals surface area contributed by atoms with Crippen molar-refractivity contribution in [2.24, 2.45) is 0 Å². The first-order valence-electron chi connectivity index (χ1n) is 7.46. The summed E-state index contributed by atoms with van der Waals surface area (Å²) in [7, 11) is -3.31. The first-order valence-corrected chi connectivity index (χ1v) is 9.07. The molecule has 1 heterocycles. The Kier molecular flexibility index (Phi) is 5.90. The van der Waals surface area contributed by atoms with Crippen LogP contribution < -0.4 is 5.32 Å². The molecule has 0 aliphatic carbocycles. The van der Waals surface area contributed by atoms with Crippen LogP contribution in [0, 0.1) is 5.82 Å². The van der Waals surface area contributed by atoms with Crippen molar-refractivity contribution in [3.05, 3.63) is 35.6 Å². The summed E-state index contributed by atoms with van der Waals surface area (Å²) in [6, 6.07) is 6.08. The third kappa shape index (κ3) is 5.06. The molecular weight excluding hydrogens is 307 g/mol. The first-order chi connectivity index (χ1) is 10.5. The number of amides is 1. The van der Waals surface area contributed by atoms with E-state index in [2.05, 4.69) is 5.32 Å². The molecule has 0 saturated carbocycles. The lowest BCUT2D eigenvalue weighted by Gasteiger charge is -2.15. The zero-order chi connectivity index (χ0) is 16.0. The molecule has 22 heavy (non-hydrogen) atoms. The van der Waals surface area contributed by atoms with Gasteiger partial charge in [0.1, 0.15) is 5.82 Å². The fourth-order valence-electron chi connectivity index (χ4n) is 2.40. The predicted molar refractivity (Wildman–Crippen MR) is 82.3 cm³/mol. The lowest BCUT2D eigenvalue weighted by molar-refractivity contribution is -0.120. The highest BCUT2D eigenvalue weighted by Crippen LogP contribution is 2.13. The Morgan fingerprint density at radius 1 is 1.18 bits per heavy atom. The van der Waals surface area contributed by atoms with Gasteiger partial charge in [-0.05, 0) is 37.0 Å². The molecule has 1 aliphatic heterocycles. The Balaban J connectivity index is 1.68. The van der Waals surface area contributed by atoms with E-state index in [-0.39, 0.29) is 23.9 Å². The van der Waals surface area contributed by atoms with Gasteiger partial charge in [0.25, 0.3) is 0 Å². The minimum Gasteiger partial charge on any atom is -0.356 e. The van der Waals surface area contributed by atoms with Crippen LogP contribution in [-0.2, 0) is 21.2 Å². The van der Waals surface area contributed by atoms with Gasteiger partial charge >= 0.3 is 0 Å². The highest BCUT2D eigenvalue weighted by Gasteiger charge is 2.25. The van der Waals surface area contributed by atoms with Crippen LogP contribution in [0.15, 0.2) is 24.3 Å². The molecule has 7 heteroatoms. The van der Waals surface area contributed by atoms with Gasteiger partial charge in [0.05, 0.1) is 5.75 Å².